The van der Waals surface area contributed by atoms with Crippen molar-refractivity contribution >= 4 is 11.6 Å². The van der Waals surface area contributed by atoms with E-state index >= 15 is 0 Å². The number of rotatable bonds is 3. The number of carbonyl (C=O) groups excluding carboxylic acids is 1. The van der Waals surface area contributed by atoms with E-state index in [1.165, 1.54) is 0 Å². The second-order valence-corrected chi connectivity index (χ2v) is 4.57. The van der Waals surface area contributed by atoms with Crippen LogP contribution in [0.2, 0.25) is 0 Å². The van der Waals surface area contributed by atoms with Gasteiger partial charge < -0.3 is 5.32 Å². The van der Waals surface area contributed by atoms with E-state index in [4.69, 9.17) is 0 Å². The van der Waals surface area contributed by atoms with Gasteiger partial charge in [0.05, 0.1) is 11.3 Å². The molecule has 2 aromatic carbocycles. The summed E-state index contributed by atoms with van der Waals surface area (Å²) in [6.07, 6.45) is 0.794. The van der Waals surface area contributed by atoms with Crippen LogP contribution in [0.1, 0.15) is 34.0 Å². The molecule has 2 rings (SSSR count). The minimum Gasteiger partial charge on any atom is -0.321 e. The van der Waals surface area contributed by atoms with Crippen molar-refractivity contribution in [2.24, 2.45) is 0 Å². The second kappa shape index (κ2) is 6.03. The molecule has 0 aliphatic heterocycles. The molecule has 0 aliphatic carbocycles. The van der Waals surface area contributed by atoms with Crippen molar-refractivity contribution < 1.29 is 4.79 Å². The van der Waals surface area contributed by atoms with Crippen molar-refractivity contribution in [2.75, 3.05) is 5.32 Å². The average molecular weight is 264 g/mol. The van der Waals surface area contributed by atoms with Gasteiger partial charge in [0, 0.05) is 5.56 Å². The van der Waals surface area contributed by atoms with Crippen LogP contribution in [-0.4, -0.2) is 5.91 Å². The minimum atomic E-state index is -0.176. The summed E-state index contributed by atoms with van der Waals surface area (Å²) < 4.78 is 0. The molecule has 3 heteroatoms. The van der Waals surface area contributed by atoms with Crippen LogP contribution in [0.4, 0.5) is 5.69 Å². The van der Waals surface area contributed by atoms with Crippen LogP contribution in [-0.2, 0) is 6.42 Å². The molecule has 3 nitrogen and oxygen atoms in total. The Morgan fingerprint density at radius 3 is 2.65 bits per heavy atom. The molecule has 0 radical (unpaired) electrons. The topological polar surface area (TPSA) is 52.9 Å². The second-order valence-electron chi connectivity index (χ2n) is 4.57. The predicted molar refractivity (Wildman–Crippen MR) is 79.7 cm³/mol. The third-order valence-corrected chi connectivity index (χ3v) is 3.28. The molecule has 0 unspecified atom stereocenters. The summed E-state index contributed by atoms with van der Waals surface area (Å²) in [5, 5.41) is 12.0. The Labute approximate surface area is 118 Å². The smallest absolute Gasteiger partial charge is 0.255 e. The van der Waals surface area contributed by atoms with E-state index in [9.17, 15) is 10.1 Å². The van der Waals surface area contributed by atoms with Crippen LogP contribution in [0, 0.1) is 18.3 Å². The average Bonchev–Trinajstić information content (AvgIpc) is 2.47. The number of nitrogens with zero attached hydrogens (tertiary/aromatic N) is 1. The fourth-order valence-corrected chi connectivity index (χ4v) is 2.16. The maximum atomic E-state index is 12.4. The largest absolute Gasteiger partial charge is 0.321 e. The van der Waals surface area contributed by atoms with Crippen molar-refractivity contribution in [2.45, 2.75) is 20.3 Å². The zero-order valence-corrected chi connectivity index (χ0v) is 11.6. The molecule has 0 spiro atoms. The lowest BCUT2D eigenvalue weighted by Gasteiger charge is -2.11. The standard InChI is InChI=1S/C17H16N2O/c1-3-13-8-4-5-9-14(13)17(20)19-16-10-6-7-12(2)15(16)11-18/h4-10H,3H2,1-2H3,(H,19,20). The molecular weight excluding hydrogens is 248 g/mol. The van der Waals surface area contributed by atoms with E-state index in [1.807, 2.05) is 44.2 Å². The number of aryl methyl sites for hydroxylation is 2. The zero-order valence-electron chi connectivity index (χ0n) is 11.6. The highest BCUT2D eigenvalue weighted by molar-refractivity contribution is 6.06. The van der Waals surface area contributed by atoms with E-state index in [2.05, 4.69) is 11.4 Å². The Bertz CT molecular complexity index is 684. The van der Waals surface area contributed by atoms with Gasteiger partial charge in [0.15, 0.2) is 0 Å². The van der Waals surface area contributed by atoms with Gasteiger partial charge in [-0.2, -0.15) is 5.26 Å². The van der Waals surface area contributed by atoms with Crippen LogP contribution in [0.15, 0.2) is 42.5 Å². The Morgan fingerprint density at radius 2 is 1.95 bits per heavy atom. The number of hydrogen-bond acceptors (Lipinski definition) is 2. The number of hydrogen-bond donors (Lipinski definition) is 1. The number of nitrogens with one attached hydrogen (secondary N) is 1. The van der Waals surface area contributed by atoms with E-state index in [1.54, 1.807) is 12.1 Å². The van der Waals surface area contributed by atoms with Crippen molar-refractivity contribution in [1.82, 2.24) is 0 Å². The van der Waals surface area contributed by atoms with Crippen LogP contribution < -0.4 is 5.32 Å². The van der Waals surface area contributed by atoms with Gasteiger partial charge in [-0.3, -0.25) is 4.79 Å². The molecule has 0 saturated carbocycles. The molecule has 2 aromatic rings. The monoisotopic (exact) mass is 264 g/mol. The van der Waals surface area contributed by atoms with E-state index in [0.717, 1.165) is 17.5 Å². The lowest BCUT2D eigenvalue weighted by atomic mass is 10.0. The summed E-state index contributed by atoms with van der Waals surface area (Å²) in [6, 6.07) is 15.1. The molecule has 1 amide bonds. The van der Waals surface area contributed by atoms with Gasteiger partial charge in [-0.15, -0.1) is 0 Å². The van der Waals surface area contributed by atoms with Gasteiger partial charge in [-0.25, -0.2) is 0 Å². The van der Waals surface area contributed by atoms with E-state index in [0.29, 0.717) is 16.8 Å². The highest BCUT2D eigenvalue weighted by atomic mass is 16.1. The van der Waals surface area contributed by atoms with Gasteiger partial charge >= 0.3 is 0 Å². The highest BCUT2D eigenvalue weighted by Crippen LogP contribution is 2.20. The third-order valence-electron chi connectivity index (χ3n) is 3.28. The predicted octanol–water partition coefficient (Wildman–Crippen LogP) is 3.68. The highest BCUT2D eigenvalue weighted by Gasteiger charge is 2.12. The number of amides is 1. The van der Waals surface area contributed by atoms with Gasteiger partial charge in [-0.1, -0.05) is 37.3 Å². The SMILES string of the molecule is CCc1ccccc1C(=O)Nc1cccc(C)c1C#N. The minimum absolute atomic E-state index is 0.176. The Balaban J connectivity index is 2.34. The van der Waals surface area contributed by atoms with Gasteiger partial charge in [0.25, 0.3) is 5.91 Å². The summed E-state index contributed by atoms with van der Waals surface area (Å²) in [6.45, 7) is 3.87. The third kappa shape index (κ3) is 2.70. The summed E-state index contributed by atoms with van der Waals surface area (Å²) in [4.78, 5) is 12.4. The Morgan fingerprint density at radius 1 is 1.20 bits per heavy atom. The summed E-state index contributed by atoms with van der Waals surface area (Å²) in [7, 11) is 0. The Kier molecular flexibility index (Phi) is 4.17. The fraction of sp³-hybridized carbons (Fsp3) is 0.176. The van der Waals surface area contributed by atoms with Crippen LogP contribution in [0.25, 0.3) is 0 Å². The summed E-state index contributed by atoms with van der Waals surface area (Å²) in [5.74, 6) is -0.176. The number of carbonyl (C=O) groups is 1. The lowest BCUT2D eigenvalue weighted by Crippen LogP contribution is -2.15. The Hall–Kier alpha value is -2.60. The molecule has 100 valence electrons. The number of nitriles is 1. The summed E-state index contributed by atoms with van der Waals surface area (Å²) >= 11 is 0. The van der Waals surface area contributed by atoms with Crippen molar-refractivity contribution in [3.05, 3.63) is 64.7 Å². The molecule has 0 heterocycles. The van der Waals surface area contributed by atoms with Crippen molar-refractivity contribution in [1.29, 1.82) is 5.26 Å². The molecule has 0 saturated heterocycles. The molecule has 0 aromatic heterocycles. The number of benzene rings is 2. The number of anilines is 1. The zero-order chi connectivity index (χ0) is 14.5. The van der Waals surface area contributed by atoms with Crippen molar-refractivity contribution in [3.63, 3.8) is 0 Å². The molecule has 1 N–H and O–H groups in total. The molecule has 20 heavy (non-hydrogen) atoms. The quantitative estimate of drug-likeness (QED) is 0.919. The van der Waals surface area contributed by atoms with Crippen molar-refractivity contribution in [3.8, 4) is 6.07 Å². The fourth-order valence-electron chi connectivity index (χ4n) is 2.16. The normalized spacial score (nSPS) is 9.85. The molecular formula is C17H16N2O. The first-order chi connectivity index (χ1) is 9.67. The van der Waals surface area contributed by atoms with Crippen LogP contribution in [0.5, 0.6) is 0 Å². The van der Waals surface area contributed by atoms with E-state index < -0.39 is 0 Å². The first-order valence-electron chi connectivity index (χ1n) is 6.56. The molecule has 0 fully saturated rings. The summed E-state index contributed by atoms with van der Waals surface area (Å²) in [5.41, 5.74) is 3.57. The van der Waals surface area contributed by atoms with Gasteiger partial charge in [0.2, 0.25) is 0 Å². The maximum Gasteiger partial charge on any atom is 0.255 e. The maximum absolute atomic E-state index is 12.4. The van der Waals surface area contributed by atoms with E-state index in [-0.39, 0.29) is 5.91 Å². The lowest BCUT2D eigenvalue weighted by molar-refractivity contribution is 0.102. The van der Waals surface area contributed by atoms with Gasteiger partial charge in [-0.05, 0) is 36.6 Å². The molecule has 0 aliphatic rings. The van der Waals surface area contributed by atoms with Crippen LogP contribution in [0.3, 0.4) is 0 Å². The first kappa shape index (κ1) is 13.8. The molecule has 0 bridgehead atoms. The molecule has 0 atom stereocenters. The van der Waals surface area contributed by atoms with Gasteiger partial charge in [0.1, 0.15) is 6.07 Å². The first-order valence-corrected chi connectivity index (χ1v) is 6.56. The van der Waals surface area contributed by atoms with Crippen LogP contribution >= 0.6 is 0 Å².